The SMILES string of the molecule is c1nsc(N2C[C@H]3CCCC[C@H]32)n1. The van der Waals surface area contributed by atoms with E-state index < -0.39 is 0 Å². The van der Waals surface area contributed by atoms with E-state index >= 15 is 0 Å². The fraction of sp³-hybridized carbons (Fsp3) is 0.778. The monoisotopic (exact) mass is 195 g/mol. The molecule has 3 nitrogen and oxygen atoms in total. The van der Waals surface area contributed by atoms with Gasteiger partial charge in [-0.05, 0) is 18.8 Å². The molecule has 1 aromatic heterocycles. The van der Waals surface area contributed by atoms with Crippen molar-refractivity contribution in [1.82, 2.24) is 9.36 Å². The normalized spacial score (nSPS) is 32.5. The quantitative estimate of drug-likeness (QED) is 0.685. The molecule has 0 radical (unpaired) electrons. The molecule has 3 rings (SSSR count). The molecule has 2 atom stereocenters. The third-order valence-electron chi connectivity index (χ3n) is 3.30. The van der Waals surface area contributed by atoms with E-state index in [0.29, 0.717) is 0 Å². The molecule has 0 aromatic carbocycles. The fourth-order valence-electron chi connectivity index (χ4n) is 2.58. The van der Waals surface area contributed by atoms with Crippen LogP contribution in [0.25, 0.3) is 0 Å². The standard InChI is InChI=1S/C9H13N3S/c1-2-4-8-7(3-1)5-12(8)9-10-6-11-13-9/h6-8H,1-5H2/t7-,8-/m1/s1. The second-order valence-corrected chi connectivity index (χ2v) is 4.75. The van der Waals surface area contributed by atoms with Crippen molar-refractivity contribution in [2.75, 3.05) is 11.4 Å². The highest BCUT2D eigenvalue weighted by Gasteiger charge is 2.41. The van der Waals surface area contributed by atoms with Crippen LogP contribution in [0.15, 0.2) is 6.33 Å². The van der Waals surface area contributed by atoms with E-state index in [4.69, 9.17) is 0 Å². The van der Waals surface area contributed by atoms with Gasteiger partial charge >= 0.3 is 0 Å². The number of hydrogen-bond donors (Lipinski definition) is 0. The van der Waals surface area contributed by atoms with Crippen LogP contribution in [0.2, 0.25) is 0 Å². The van der Waals surface area contributed by atoms with Crippen molar-refractivity contribution in [3.63, 3.8) is 0 Å². The Labute approximate surface area is 82.0 Å². The fourth-order valence-corrected chi connectivity index (χ4v) is 3.17. The van der Waals surface area contributed by atoms with Gasteiger partial charge in [0.15, 0.2) is 0 Å². The average molecular weight is 195 g/mol. The zero-order valence-corrected chi connectivity index (χ0v) is 8.33. The molecule has 0 bridgehead atoms. The lowest BCUT2D eigenvalue weighted by Crippen LogP contribution is -2.57. The number of anilines is 1. The minimum Gasteiger partial charge on any atom is -0.343 e. The first kappa shape index (κ1) is 7.74. The molecule has 2 aliphatic rings. The first-order valence-corrected chi connectivity index (χ1v) is 5.76. The van der Waals surface area contributed by atoms with Crippen molar-refractivity contribution >= 4 is 16.7 Å². The van der Waals surface area contributed by atoms with Gasteiger partial charge in [0.2, 0.25) is 5.13 Å². The molecule has 1 aliphatic heterocycles. The lowest BCUT2D eigenvalue weighted by Gasteiger charge is -2.50. The molecule has 13 heavy (non-hydrogen) atoms. The summed E-state index contributed by atoms with van der Waals surface area (Å²) in [6, 6.07) is 0.793. The Morgan fingerprint density at radius 2 is 2.31 bits per heavy atom. The predicted octanol–water partition coefficient (Wildman–Crippen LogP) is 1.92. The molecule has 4 heteroatoms. The third kappa shape index (κ3) is 1.15. The summed E-state index contributed by atoms with van der Waals surface area (Å²) < 4.78 is 4.05. The molecule has 1 saturated heterocycles. The Bertz CT molecular complexity index is 285. The summed E-state index contributed by atoms with van der Waals surface area (Å²) >= 11 is 1.53. The molecular weight excluding hydrogens is 182 g/mol. The zero-order chi connectivity index (χ0) is 8.67. The molecule has 0 unspecified atom stereocenters. The molecule has 1 aromatic rings. The van der Waals surface area contributed by atoms with Crippen LogP contribution in [0, 0.1) is 5.92 Å². The second kappa shape index (κ2) is 2.94. The van der Waals surface area contributed by atoms with Crippen molar-refractivity contribution in [1.29, 1.82) is 0 Å². The van der Waals surface area contributed by atoms with Crippen LogP contribution in [-0.4, -0.2) is 21.9 Å². The smallest absolute Gasteiger partial charge is 0.205 e. The topological polar surface area (TPSA) is 29.0 Å². The van der Waals surface area contributed by atoms with Gasteiger partial charge in [0.25, 0.3) is 0 Å². The van der Waals surface area contributed by atoms with E-state index in [9.17, 15) is 0 Å². The van der Waals surface area contributed by atoms with Gasteiger partial charge in [0.1, 0.15) is 6.33 Å². The molecule has 70 valence electrons. The highest BCUT2D eigenvalue weighted by molar-refractivity contribution is 7.09. The Morgan fingerprint density at radius 3 is 3.08 bits per heavy atom. The van der Waals surface area contributed by atoms with Gasteiger partial charge in [-0.25, -0.2) is 4.98 Å². The predicted molar refractivity (Wildman–Crippen MR) is 53.0 cm³/mol. The summed E-state index contributed by atoms with van der Waals surface area (Å²) in [5.41, 5.74) is 0. The lowest BCUT2D eigenvalue weighted by atomic mass is 9.77. The van der Waals surface area contributed by atoms with Crippen molar-refractivity contribution < 1.29 is 0 Å². The van der Waals surface area contributed by atoms with Gasteiger partial charge in [-0.2, -0.15) is 4.37 Å². The van der Waals surface area contributed by atoms with Gasteiger partial charge in [-0.1, -0.05) is 12.8 Å². The van der Waals surface area contributed by atoms with E-state index in [1.54, 1.807) is 6.33 Å². The maximum absolute atomic E-state index is 4.26. The minimum absolute atomic E-state index is 0.793. The first-order chi connectivity index (χ1) is 6.45. The molecule has 1 aliphatic carbocycles. The molecule has 1 saturated carbocycles. The van der Waals surface area contributed by atoms with E-state index in [2.05, 4.69) is 14.3 Å². The van der Waals surface area contributed by atoms with Crippen molar-refractivity contribution in [2.45, 2.75) is 31.7 Å². The van der Waals surface area contributed by atoms with Crippen molar-refractivity contribution in [3.05, 3.63) is 6.33 Å². The largest absolute Gasteiger partial charge is 0.343 e. The molecule has 0 N–H and O–H groups in total. The Morgan fingerprint density at radius 1 is 1.38 bits per heavy atom. The van der Waals surface area contributed by atoms with Crippen LogP contribution >= 0.6 is 11.5 Å². The number of hydrogen-bond acceptors (Lipinski definition) is 4. The summed E-state index contributed by atoms with van der Waals surface area (Å²) in [7, 11) is 0. The first-order valence-electron chi connectivity index (χ1n) is 4.98. The van der Waals surface area contributed by atoms with Crippen molar-refractivity contribution in [2.24, 2.45) is 5.92 Å². The Hall–Kier alpha value is -0.640. The third-order valence-corrected chi connectivity index (χ3v) is 4.00. The second-order valence-electron chi connectivity index (χ2n) is 3.99. The van der Waals surface area contributed by atoms with Gasteiger partial charge in [0, 0.05) is 24.1 Å². The van der Waals surface area contributed by atoms with Crippen LogP contribution in [-0.2, 0) is 0 Å². The van der Waals surface area contributed by atoms with Crippen LogP contribution in [0.4, 0.5) is 5.13 Å². The van der Waals surface area contributed by atoms with E-state index in [1.165, 1.54) is 43.8 Å². The number of aromatic nitrogens is 2. The number of rotatable bonds is 1. The minimum atomic E-state index is 0.793. The molecule has 0 amide bonds. The van der Waals surface area contributed by atoms with Crippen molar-refractivity contribution in [3.8, 4) is 0 Å². The summed E-state index contributed by atoms with van der Waals surface area (Å²) in [6.07, 6.45) is 7.29. The number of fused-ring (bicyclic) bond motifs is 1. The van der Waals surface area contributed by atoms with Crippen LogP contribution < -0.4 is 4.90 Å². The van der Waals surface area contributed by atoms with Gasteiger partial charge in [-0.15, -0.1) is 0 Å². The van der Waals surface area contributed by atoms with Crippen LogP contribution in [0.5, 0.6) is 0 Å². The average Bonchev–Trinajstić information content (AvgIpc) is 2.60. The maximum Gasteiger partial charge on any atom is 0.205 e. The van der Waals surface area contributed by atoms with E-state index in [-0.39, 0.29) is 0 Å². The summed E-state index contributed by atoms with van der Waals surface area (Å²) in [5, 5.41) is 1.13. The Balaban J connectivity index is 1.75. The molecule has 2 heterocycles. The lowest BCUT2D eigenvalue weighted by molar-refractivity contribution is 0.214. The van der Waals surface area contributed by atoms with Gasteiger partial charge in [-0.3, -0.25) is 0 Å². The highest BCUT2D eigenvalue weighted by Crippen LogP contribution is 2.40. The summed E-state index contributed by atoms with van der Waals surface area (Å²) in [5.74, 6) is 0.956. The highest BCUT2D eigenvalue weighted by atomic mass is 32.1. The molecular formula is C9H13N3S. The summed E-state index contributed by atoms with van der Waals surface area (Å²) in [6.45, 7) is 1.22. The summed E-state index contributed by atoms with van der Waals surface area (Å²) in [4.78, 5) is 6.69. The molecule has 2 fully saturated rings. The Kier molecular flexibility index (Phi) is 1.75. The zero-order valence-electron chi connectivity index (χ0n) is 7.52. The van der Waals surface area contributed by atoms with Gasteiger partial charge < -0.3 is 4.90 Å². The van der Waals surface area contributed by atoms with E-state index in [0.717, 1.165) is 17.1 Å². The van der Waals surface area contributed by atoms with E-state index in [1.807, 2.05) is 0 Å². The maximum atomic E-state index is 4.26. The molecule has 0 spiro atoms. The van der Waals surface area contributed by atoms with Crippen LogP contribution in [0.3, 0.4) is 0 Å². The van der Waals surface area contributed by atoms with Gasteiger partial charge in [0.05, 0.1) is 0 Å². The number of nitrogens with zero attached hydrogens (tertiary/aromatic N) is 3. The van der Waals surface area contributed by atoms with Crippen LogP contribution in [0.1, 0.15) is 25.7 Å².